The van der Waals surface area contributed by atoms with Gasteiger partial charge in [0, 0.05) is 0 Å². The minimum atomic E-state index is -0.417. The third-order valence-electron chi connectivity index (χ3n) is 0. The van der Waals surface area contributed by atoms with E-state index in [9.17, 15) is 0 Å². The second-order valence-electron chi connectivity index (χ2n) is 0.266. The monoisotopic (exact) mass is 92.9 g/mol. The van der Waals surface area contributed by atoms with Crippen molar-refractivity contribution in [3.05, 3.63) is 0 Å². The summed E-state index contributed by atoms with van der Waals surface area (Å²) in [5, 5.41) is 7.60. The van der Waals surface area contributed by atoms with E-state index in [1.54, 1.807) is 0 Å². The van der Waals surface area contributed by atoms with Crippen LogP contribution in [0.2, 0.25) is 0 Å². The zero-order chi connectivity index (χ0) is 3.58. The van der Waals surface area contributed by atoms with Crippen molar-refractivity contribution in [1.29, 1.82) is 0 Å². The summed E-state index contributed by atoms with van der Waals surface area (Å²) in [5.74, 6) is 0. The molecule has 0 aliphatic rings. The third-order valence-corrected chi connectivity index (χ3v) is 0. The van der Waals surface area contributed by atoms with E-state index < -0.39 is 4.38 Å². The van der Waals surface area contributed by atoms with Gasteiger partial charge in [0.15, 0.2) is 0 Å². The normalized spacial score (nSPS) is 6.00. The fourth-order valence-corrected chi connectivity index (χ4v) is 0. The van der Waals surface area contributed by atoms with Gasteiger partial charge >= 0.3 is 0 Å². The number of aliphatic hydroxyl groups excluding tert-OH is 1. The van der Waals surface area contributed by atoms with E-state index in [2.05, 4.69) is 24.8 Å². The molecule has 0 atom stereocenters. The van der Waals surface area contributed by atoms with Crippen LogP contribution in [-0.4, -0.2) is 9.49 Å². The first-order chi connectivity index (χ1) is 1.73. The van der Waals surface area contributed by atoms with E-state index in [4.69, 9.17) is 5.11 Å². The van der Waals surface area contributed by atoms with Crippen LogP contribution in [0, 0.1) is 0 Å². The lowest BCUT2D eigenvalue weighted by Crippen LogP contribution is -1.66. The second kappa shape index (κ2) is 1.43. The van der Waals surface area contributed by atoms with E-state index in [1.807, 2.05) is 0 Å². The molecule has 1 radical (unpaired) electrons. The SMILES string of the molecule is OC([S])=S. The smallest absolute Gasteiger partial charge is 0.249 e. The fourth-order valence-electron chi connectivity index (χ4n) is 0. The third kappa shape index (κ3) is 215. The topological polar surface area (TPSA) is 20.2 Å². The van der Waals surface area contributed by atoms with Gasteiger partial charge < -0.3 is 5.11 Å². The summed E-state index contributed by atoms with van der Waals surface area (Å²) < 4.78 is -0.417. The lowest BCUT2D eigenvalue weighted by molar-refractivity contribution is 0.586. The predicted octanol–water partition coefficient (Wildman–Crippen LogP) is 1.03. The van der Waals surface area contributed by atoms with E-state index in [-0.39, 0.29) is 0 Å². The summed E-state index contributed by atoms with van der Waals surface area (Å²) in [6, 6.07) is 0. The minimum Gasteiger partial charge on any atom is -0.491 e. The van der Waals surface area contributed by atoms with Gasteiger partial charge in [0.2, 0.25) is 4.38 Å². The Morgan fingerprint density at radius 2 is 1.75 bits per heavy atom. The van der Waals surface area contributed by atoms with Crippen LogP contribution in [0.15, 0.2) is 0 Å². The van der Waals surface area contributed by atoms with Gasteiger partial charge in [0.1, 0.15) is 0 Å². The zero-order valence-corrected chi connectivity index (χ0v) is 3.40. The Morgan fingerprint density at radius 3 is 1.75 bits per heavy atom. The van der Waals surface area contributed by atoms with Crippen LogP contribution >= 0.6 is 24.8 Å². The van der Waals surface area contributed by atoms with Gasteiger partial charge in [0.25, 0.3) is 0 Å². The molecule has 0 saturated heterocycles. The maximum absolute atomic E-state index is 7.60. The van der Waals surface area contributed by atoms with Crippen LogP contribution in [-0.2, 0) is 0 Å². The van der Waals surface area contributed by atoms with Crippen molar-refractivity contribution in [3.8, 4) is 0 Å². The van der Waals surface area contributed by atoms with Crippen molar-refractivity contribution in [3.63, 3.8) is 0 Å². The highest BCUT2D eigenvalue weighted by Crippen LogP contribution is 1.68. The molecule has 1 nitrogen and oxygen atoms in total. The Balaban J connectivity index is 2.80. The average Bonchev–Trinajstić information content (AvgIpc) is 0.811. The average molecular weight is 93.2 g/mol. The maximum atomic E-state index is 7.60. The summed E-state index contributed by atoms with van der Waals surface area (Å²) in [6.45, 7) is 0. The molecular weight excluding hydrogens is 92.1 g/mol. The molecule has 0 spiro atoms. The van der Waals surface area contributed by atoms with Gasteiger partial charge in [-0.05, 0) is 24.8 Å². The Hall–Kier alpha value is 0.110. The van der Waals surface area contributed by atoms with E-state index in [0.29, 0.717) is 0 Å². The molecule has 0 aliphatic heterocycles. The quantitative estimate of drug-likeness (QED) is 0.451. The van der Waals surface area contributed by atoms with Gasteiger partial charge in [-0.2, -0.15) is 0 Å². The fraction of sp³-hybridized carbons (Fsp3) is 0. The van der Waals surface area contributed by atoms with E-state index >= 15 is 0 Å². The Bertz CT molecular complexity index is 29.0. The van der Waals surface area contributed by atoms with E-state index in [1.165, 1.54) is 0 Å². The van der Waals surface area contributed by atoms with Crippen LogP contribution < -0.4 is 0 Å². The molecule has 1 N–H and O–H groups in total. The first-order valence-corrected chi connectivity index (χ1v) is 1.45. The van der Waals surface area contributed by atoms with Gasteiger partial charge in [-0.25, -0.2) is 0 Å². The first-order valence-electron chi connectivity index (χ1n) is 0.632. The van der Waals surface area contributed by atoms with Crippen LogP contribution in [0.25, 0.3) is 0 Å². The highest BCUT2D eigenvalue weighted by Gasteiger charge is 1.63. The summed E-state index contributed by atoms with van der Waals surface area (Å²) in [6.07, 6.45) is 0. The van der Waals surface area contributed by atoms with Gasteiger partial charge in [0.05, 0.1) is 0 Å². The predicted molar refractivity (Wildman–Crippen MR) is 22.8 cm³/mol. The Labute approximate surface area is 35.0 Å². The van der Waals surface area contributed by atoms with E-state index in [0.717, 1.165) is 0 Å². The molecule has 23 valence electrons. The van der Waals surface area contributed by atoms with Crippen molar-refractivity contribution in [2.24, 2.45) is 0 Å². The molecule has 0 bridgehead atoms. The molecule has 0 aliphatic carbocycles. The van der Waals surface area contributed by atoms with Crippen molar-refractivity contribution in [2.45, 2.75) is 0 Å². The molecule has 0 aromatic heterocycles. The lowest BCUT2D eigenvalue weighted by Gasteiger charge is -1.60. The first kappa shape index (κ1) is 4.11. The number of hydrogen-bond acceptors (Lipinski definition) is 1. The number of aliphatic hydroxyl groups is 1. The summed E-state index contributed by atoms with van der Waals surface area (Å²) in [4.78, 5) is 0. The van der Waals surface area contributed by atoms with Gasteiger partial charge in [-0.15, -0.1) is 0 Å². The highest BCUT2D eigenvalue weighted by atomic mass is 32.1. The van der Waals surface area contributed by atoms with Crippen molar-refractivity contribution < 1.29 is 5.11 Å². The number of hydrogen-bond donors (Lipinski definition) is 1. The Kier molecular flexibility index (Phi) is 1.47. The van der Waals surface area contributed by atoms with Gasteiger partial charge in [-0.3, -0.25) is 0 Å². The summed E-state index contributed by atoms with van der Waals surface area (Å²) in [7, 11) is 0. The van der Waals surface area contributed by atoms with Crippen molar-refractivity contribution >= 4 is 29.2 Å². The van der Waals surface area contributed by atoms with Crippen LogP contribution in [0.5, 0.6) is 0 Å². The molecule has 0 saturated carbocycles. The standard InChI is InChI=1S/CHOS2/c2-1(3)4/h(H,2,3). The molecular formula is CHOS2. The highest BCUT2D eigenvalue weighted by molar-refractivity contribution is 8.10. The van der Waals surface area contributed by atoms with Crippen LogP contribution in [0.4, 0.5) is 0 Å². The molecule has 3 heteroatoms. The zero-order valence-electron chi connectivity index (χ0n) is 1.76. The molecule has 4 heavy (non-hydrogen) atoms. The molecule has 0 fully saturated rings. The molecule has 0 aromatic carbocycles. The molecule has 0 unspecified atom stereocenters. The second-order valence-corrected chi connectivity index (χ2v) is 1.30. The number of thiocarbonyl (C=S) groups is 1. The Morgan fingerprint density at radius 1 is 1.75 bits per heavy atom. The van der Waals surface area contributed by atoms with Crippen LogP contribution in [0.1, 0.15) is 0 Å². The maximum Gasteiger partial charge on any atom is 0.249 e. The minimum absolute atomic E-state index is 0.417. The molecule has 0 rings (SSSR count). The lowest BCUT2D eigenvalue weighted by atomic mass is 11.7. The van der Waals surface area contributed by atoms with Crippen molar-refractivity contribution in [2.75, 3.05) is 0 Å². The van der Waals surface area contributed by atoms with Crippen LogP contribution in [0.3, 0.4) is 0 Å². The van der Waals surface area contributed by atoms with Gasteiger partial charge in [-0.1, -0.05) is 0 Å². The molecule has 0 aromatic rings. The molecule has 0 heterocycles. The largest absolute Gasteiger partial charge is 0.491 e. The van der Waals surface area contributed by atoms with Crippen molar-refractivity contribution in [1.82, 2.24) is 0 Å². The number of rotatable bonds is 0. The molecule has 0 amide bonds. The summed E-state index contributed by atoms with van der Waals surface area (Å²) in [5.41, 5.74) is 0. The summed E-state index contributed by atoms with van der Waals surface area (Å²) >= 11 is 7.81.